The molecule has 4 rings (SSSR count). The Labute approximate surface area is 186 Å². The summed E-state index contributed by atoms with van der Waals surface area (Å²) in [7, 11) is -6.09. The first-order valence-electron chi connectivity index (χ1n) is 10.2. The van der Waals surface area contributed by atoms with E-state index in [1.165, 1.54) is 53.6 Å². The minimum Gasteiger partial charge on any atom is -0.741 e. The van der Waals surface area contributed by atoms with Crippen LogP contribution in [-0.4, -0.2) is 18.5 Å². The van der Waals surface area contributed by atoms with Crippen molar-refractivity contribution in [2.24, 2.45) is 0 Å². The predicted molar refractivity (Wildman–Crippen MR) is 115 cm³/mol. The largest absolute Gasteiger partial charge is 0.741 e. The maximum atomic E-state index is 10.7. The third-order valence-electron chi connectivity index (χ3n) is 5.37. The zero-order chi connectivity index (χ0) is 23.4. The molecule has 1 aromatic heterocycles. The van der Waals surface area contributed by atoms with Crippen LogP contribution in [0.5, 0.6) is 0 Å². The van der Waals surface area contributed by atoms with Crippen LogP contribution in [0.1, 0.15) is 35.2 Å². The molecular formula is C24H24F3NO3S. The molecule has 0 saturated heterocycles. The van der Waals surface area contributed by atoms with E-state index in [-0.39, 0.29) is 0 Å². The monoisotopic (exact) mass is 463 g/mol. The fourth-order valence-corrected chi connectivity index (χ4v) is 3.78. The number of hydrogen-bond acceptors (Lipinski definition) is 3. The van der Waals surface area contributed by atoms with Crippen LogP contribution in [0.3, 0.4) is 0 Å². The summed E-state index contributed by atoms with van der Waals surface area (Å²) >= 11 is 0. The van der Waals surface area contributed by atoms with Gasteiger partial charge in [0.2, 0.25) is 0 Å². The van der Waals surface area contributed by atoms with Crippen molar-refractivity contribution in [2.75, 3.05) is 0 Å². The first-order valence-corrected chi connectivity index (χ1v) is 11.6. The number of alkyl halides is 3. The molecule has 1 heterocycles. The Morgan fingerprint density at radius 2 is 1.53 bits per heavy atom. The molecule has 0 atom stereocenters. The first-order chi connectivity index (χ1) is 15.1. The van der Waals surface area contributed by atoms with Crippen molar-refractivity contribution in [3.63, 3.8) is 0 Å². The lowest BCUT2D eigenvalue weighted by Crippen LogP contribution is -2.41. The highest BCUT2D eigenvalue weighted by Crippen LogP contribution is 2.30. The normalized spacial score (nSPS) is 13.7. The summed E-state index contributed by atoms with van der Waals surface area (Å²) < 4.78 is 61.4. The Hall–Kier alpha value is -2.71. The van der Waals surface area contributed by atoms with Gasteiger partial charge in [-0.05, 0) is 37.3 Å². The SMILES string of the molecule is Cc1ccc(-c2cc[n+](Cc3ccccc3)c3c2CCCC3)cc1.O=S(=O)([O-])C(F)(F)F. The summed E-state index contributed by atoms with van der Waals surface area (Å²) in [4.78, 5) is 0. The molecule has 1 aliphatic carbocycles. The molecular weight excluding hydrogens is 439 g/mol. The number of benzene rings is 2. The van der Waals surface area contributed by atoms with Gasteiger partial charge < -0.3 is 4.55 Å². The molecule has 0 spiro atoms. The summed E-state index contributed by atoms with van der Waals surface area (Å²) in [6, 6.07) is 22.1. The van der Waals surface area contributed by atoms with Gasteiger partial charge in [-0.1, -0.05) is 60.2 Å². The van der Waals surface area contributed by atoms with Gasteiger partial charge in [-0.15, -0.1) is 0 Å². The Kier molecular flexibility index (Phi) is 7.36. The molecule has 0 radical (unpaired) electrons. The van der Waals surface area contributed by atoms with Crippen LogP contribution in [-0.2, 0) is 29.5 Å². The van der Waals surface area contributed by atoms with Gasteiger partial charge in [0.15, 0.2) is 28.6 Å². The molecule has 0 amide bonds. The van der Waals surface area contributed by atoms with E-state index in [9.17, 15) is 13.2 Å². The van der Waals surface area contributed by atoms with Gasteiger partial charge in [0.05, 0.1) is 0 Å². The van der Waals surface area contributed by atoms with Crippen molar-refractivity contribution in [1.82, 2.24) is 0 Å². The molecule has 0 aliphatic heterocycles. The van der Waals surface area contributed by atoms with E-state index in [1.54, 1.807) is 5.56 Å². The molecule has 0 unspecified atom stereocenters. The standard InChI is InChI=1S/C23H24N.CHF3O3S/c1-18-11-13-20(14-12-18)21-15-16-24(17-19-7-3-2-4-8-19)23-10-6-5-9-22(21)23;2-1(3,4)8(5,6)7/h2-4,7-8,11-16H,5-6,9-10,17H2,1H3;(H,5,6,7)/q+1;/p-1. The second kappa shape index (κ2) is 9.83. The van der Waals surface area contributed by atoms with E-state index in [4.69, 9.17) is 13.0 Å². The number of aryl methyl sites for hydroxylation is 1. The number of halogens is 3. The molecule has 0 saturated carbocycles. The molecule has 1 aliphatic rings. The van der Waals surface area contributed by atoms with Gasteiger partial charge in [-0.2, -0.15) is 17.7 Å². The molecule has 0 bridgehead atoms. The fourth-order valence-electron chi connectivity index (χ4n) is 3.78. The second-order valence-corrected chi connectivity index (χ2v) is 9.11. The topological polar surface area (TPSA) is 61.1 Å². The summed E-state index contributed by atoms with van der Waals surface area (Å²) in [5.41, 5.74) is 2.92. The molecule has 3 aromatic rings. The zero-order valence-electron chi connectivity index (χ0n) is 17.6. The predicted octanol–water partition coefficient (Wildman–Crippen LogP) is 4.93. The lowest BCUT2D eigenvalue weighted by Gasteiger charge is -2.18. The molecule has 32 heavy (non-hydrogen) atoms. The van der Waals surface area contributed by atoms with Crippen molar-refractivity contribution >= 4 is 10.1 Å². The summed E-state index contributed by atoms with van der Waals surface area (Å²) in [6.07, 6.45) is 7.29. The van der Waals surface area contributed by atoms with Crippen LogP contribution in [0.4, 0.5) is 13.2 Å². The van der Waals surface area contributed by atoms with Crippen molar-refractivity contribution in [3.8, 4) is 11.1 Å². The average Bonchev–Trinajstić information content (AvgIpc) is 2.75. The summed E-state index contributed by atoms with van der Waals surface area (Å²) in [6.45, 7) is 3.12. The number of pyridine rings is 1. The third kappa shape index (κ3) is 5.95. The van der Waals surface area contributed by atoms with E-state index in [1.807, 2.05) is 0 Å². The molecule has 0 N–H and O–H groups in total. The van der Waals surface area contributed by atoms with Gasteiger partial charge in [0, 0.05) is 23.6 Å². The van der Waals surface area contributed by atoms with E-state index in [2.05, 4.69) is 78.4 Å². The van der Waals surface area contributed by atoms with Gasteiger partial charge in [0.25, 0.3) is 0 Å². The molecule has 2 aromatic carbocycles. The fraction of sp³-hybridized carbons (Fsp3) is 0.292. The quantitative estimate of drug-likeness (QED) is 0.314. The van der Waals surface area contributed by atoms with Crippen molar-refractivity contribution < 1.29 is 30.7 Å². The number of hydrogen-bond donors (Lipinski definition) is 0. The Bertz CT molecular complexity index is 1160. The zero-order valence-corrected chi connectivity index (χ0v) is 18.4. The highest BCUT2D eigenvalue weighted by molar-refractivity contribution is 7.86. The lowest BCUT2D eigenvalue weighted by atomic mass is 9.88. The van der Waals surface area contributed by atoms with Crippen LogP contribution >= 0.6 is 0 Å². The van der Waals surface area contributed by atoms with Gasteiger partial charge in [-0.25, -0.2) is 8.42 Å². The maximum Gasteiger partial charge on any atom is 0.485 e. The summed E-state index contributed by atoms with van der Waals surface area (Å²) in [5.74, 6) is 0. The molecule has 0 fully saturated rings. The summed E-state index contributed by atoms with van der Waals surface area (Å²) in [5, 5.41) is 0. The maximum absolute atomic E-state index is 10.7. The van der Waals surface area contributed by atoms with Crippen molar-refractivity contribution in [3.05, 3.63) is 89.2 Å². The van der Waals surface area contributed by atoms with Gasteiger partial charge >= 0.3 is 5.51 Å². The van der Waals surface area contributed by atoms with Crippen LogP contribution in [0.2, 0.25) is 0 Å². The van der Waals surface area contributed by atoms with E-state index < -0.39 is 15.6 Å². The number of fused-ring (bicyclic) bond motifs is 1. The van der Waals surface area contributed by atoms with Crippen molar-refractivity contribution in [2.45, 2.75) is 44.7 Å². The Morgan fingerprint density at radius 1 is 0.938 bits per heavy atom. The van der Waals surface area contributed by atoms with E-state index in [0.717, 1.165) is 6.54 Å². The highest BCUT2D eigenvalue weighted by atomic mass is 32.2. The van der Waals surface area contributed by atoms with E-state index in [0.29, 0.717) is 0 Å². The first kappa shape index (κ1) is 23.9. The minimum atomic E-state index is -6.09. The molecule has 170 valence electrons. The van der Waals surface area contributed by atoms with Crippen molar-refractivity contribution in [1.29, 1.82) is 0 Å². The van der Waals surface area contributed by atoms with E-state index >= 15 is 0 Å². The average molecular weight is 464 g/mol. The van der Waals surface area contributed by atoms with Crippen LogP contribution in [0.15, 0.2) is 66.9 Å². The molecule has 8 heteroatoms. The highest BCUT2D eigenvalue weighted by Gasteiger charge is 2.36. The Balaban J connectivity index is 0.000000312. The Morgan fingerprint density at radius 3 is 2.12 bits per heavy atom. The number of nitrogens with zero attached hydrogens (tertiary/aromatic N) is 1. The number of rotatable bonds is 3. The van der Waals surface area contributed by atoms with Crippen LogP contribution in [0.25, 0.3) is 11.1 Å². The lowest BCUT2D eigenvalue weighted by molar-refractivity contribution is -0.696. The molecule has 4 nitrogen and oxygen atoms in total. The van der Waals surface area contributed by atoms with Gasteiger partial charge in [0.1, 0.15) is 0 Å². The van der Waals surface area contributed by atoms with Crippen LogP contribution in [0, 0.1) is 6.92 Å². The second-order valence-electron chi connectivity index (χ2n) is 7.74. The third-order valence-corrected chi connectivity index (χ3v) is 5.94. The van der Waals surface area contributed by atoms with Gasteiger partial charge in [-0.3, -0.25) is 0 Å². The smallest absolute Gasteiger partial charge is 0.485 e. The van der Waals surface area contributed by atoms with Crippen LogP contribution < -0.4 is 4.57 Å². The minimum absolute atomic E-state index is 0.970. The number of aromatic nitrogens is 1.